The van der Waals surface area contributed by atoms with Gasteiger partial charge in [0, 0.05) is 20.5 Å². The van der Waals surface area contributed by atoms with Crippen molar-refractivity contribution in [2.24, 2.45) is 5.92 Å². The Morgan fingerprint density at radius 3 is 2.00 bits per heavy atom. The Labute approximate surface area is 91.6 Å². The lowest BCUT2D eigenvalue weighted by molar-refractivity contribution is -0.148. The third-order valence-corrected chi connectivity index (χ3v) is 2.48. The highest BCUT2D eigenvalue weighted by Gasteiger charge is 2.42. The lowest BCUT2D eigenvalue weighted by atomic mass is 9.98. The summed E-state index contributed by atoms with van der Waals surface area (Å²) in [5.41, 5.74) is 0. The van der Waals surface area contributed by atoms with Crippen LogP contribution in [0.2, 0.25) is 0 Å². The molecule has 1 aliphatic heterocycles. The SMILES string of the molecule is CN1C(=O)C(CCC(=O)O)C(=O)N(C)C1=O. The Kier molecular flexibility index (Phi) is 3.26. The van der Waals surface area contributed by atoms with Crippen molar-refractivity contribution >= 4 is 23.8 Å². The van der Waals surface area contributed by atoms with Gasteiger partial charge in [-0.15, -0.1) is 0 Å². The monoisotopic (exact) mass is 228 g/mol. The number of aliphatic carboxylic acids is 1. The molecule has 1 heterocycles. The van der Waals surface area contributed by atoms with Crippen molar-refractivity contribution in [3.05, 3.63) is 0 Å². The van der Waals surface area contributed by atoms with Crippen LogP contribution in [0.15, 0.2) is 0 Å². The third kappa shape index (κ3) is 2.02. The van der Waals surface area contributed by atoms with Gasteiger partial charge in [-0.1, -0.05) is 0 Å². The second-order valence-corrected chi connectivity index (χ2v) is 3.56. The Bertz CT molecular complexity index is 341. The van der Waals surface area contributed by atoms with E-state index in [1.165, 1.54) is 14.1 Å². The van der Waals surface area contributed by atoms with Gasteiger partial charge >= 0.3 is 12.0 Å². The Hall–Kier alpha value is -1.92. The minimum atomic E-state index is -1.08. The number of carbonyl (C=O) groups is 4. The number of rotatable bonds is 3. The van der Waals surface area contributed by atoms with Crippen molar-refractivity contribution in [3.63, 3.8) is 0 Å². The highest BCUT2D eigenvalue weighted by atomic mass is 16.4. The van der Waals surface area contributed by atoms with E-state index in [9.17, 15) is 19.2 Å². The summed E-state index contributed by atoms with van der Waals surface area (Å²) in [5.74, 6) is -3.43. The summed E-state index contributed by atoms with van der Waals surface area (Å²) in [7, 11) is 2.53. The highest BCUT2D eigenvalue weighted by molar-refractivity contribution is 6.15. The summed E-state index contributed by atoms with van der Waals surface area (Å²) in [6.07, 6.45) is -0.368. The average molecular weight is 228 g/mol. The molecule has 1 rings (SSSR count). The number of carbonyl (C=O) groups excluding carboxylic acids is 3. The number of carboxylic acids is 1. The number of urea groups is 1. The van der Waals surface area contributed by atoms with Gasteiger partial charge in [0.15, 0.2) is 0 Å². The molecule has 0 aliphatic carbocycles. The zero-order valence-electron chi connectivity index (χ0n) is 8.97. The molecule has 0 saturated carbocycles. The van der Waals surface area contributed by atoms with Crippen molar-refractivity contribution in [1.29, 1.82) is 0 Å². The minimum absolute atomic E-state index is 0.0883. The summed E-state index contributed by atoms with van der Waals surface area (Å²) in [5, 5.41) is 8.48. The van der Waals surface area contributed by atoms with Gasteiger partial charge in [0.1, 0.15) is 5.92 Å². The largest absolute Gasteiger partial charge is 0.481 e. The van der Waals surface area contributed by atoms with E-state index in [-0.39, 0.29) is 12.8 Å². The van der Waals surface area contributed by atoms with E-state index in [1.54, 1.807) is 0 Å². The van der Waals surface area contributed by atoms with Crippen LogP contribution < -0.4 is 0 Å². The maximum Gasteiger partial charge on any atom is 0.332 e. The number of nitrogens with zero attached hydrogens (tertiary/aromatic N) is 2. The predicted octanol–water partition coefficient (Wildman–Crippen LogP) is -0.482. The fourth-order valence-electron chi connectivity index (χ4n) is 1.50. The maximum absolute atomic E-state index is 11.6. The van der Waals surface area contributed by atoms with Gasteiger partial charge in [0.05, 0.1) is 0 Å². The molecule has 0 spiro atoms. The first-order valence-electron chi connectivity index (χ1n) is 4.67. The molecule has 0 bridgehead atoms. The summed E-state index contributed by atoms with van der Waals surface area (Å²) < 4.78 is 0. The maximum atomic E-state index is 11.6. The summed E-state index contributed by atoms with van der Waals surface area (Å²) in [4.78, 5) is 46.5. The van der Waals surface area contributed by atoms with Crippen LogP contribution in [0, 0.1) is 5.92 Å². The number of imide groups is 2. The molecule has 0 radical (unpaired) electrons. The van der Waals surface area contributed by atoms with Crippen LogP contribution in [0.5, 0.6) is 0 Å². The van der Waals surface area contributed by atoms with Crippen LogP contribution in [0.1, 0.15) is 12.8 Å². The Morgan fingerprint density at radius 1 is 1.19 bits per heavy atom. The second kappa shape index (κ2) is 4.30. The van der Waals surface area contributed by atoms with Gasteiger partial charge < -0.3 is 5.11 Å². The molecule has 7 heteroatoms. The Morgan fingerprint density at radius 2 is 1.62 bits per heavy atom. The molecule has 16 heavy (non-hydrogen) atoms. The lowest BCUT2D eigenvalue weighted by Gasteiger charge is -2.32. The van der Waals surface area contributed by atoms with Crippen LogP contribution >= 0.6 is 0 Å². The summed E-state index contributed by atoms with van der Waals surface area (Å²) in [6, 6.07) is -0.693. The molecule has 0 unspecified atom stereocenters. The molecule has 0 atom stereocenters. The van der Waals surface area contributed by atoms with Gasteiger partial charge in [0.2, 0.25) is 11.8 Å². The first-order valence-corrected chi connectivity index (χ1v) is 4.67. The van der Waals surface area contributed by atoms with E-state index >= 15 is 0 Å². The molecular weight excluding hydrogens is 216 g/mol. The zero-order valence-corrected chi connectivity index (χ0v) is 8.97. The van der Waals surface area contributed by atoms with Crippen molar-refractivity contribution in [2.75, 3.05) is 14.1 Å². The molecule has 1 N–H and O–H groups in total. The zero-order chi connectivity index (χ0) is 12.5. The van der Waals surface area contributed by atoms with Crippen molar-refractivity contribution < 1.29 is 24.3 Å². The van der Waals surface area contributed by atoms with Crippen LogP contribution in [-0.2, 0) is 14.4 Å². The van der Waals surface area contributed by atoms with Crippen molar-refractivity contribution in [2.45, 2.75) is 12.8 Å². The third-order valence-electron chi connectivity index (χ3n) is 2.48. The van der Waals surface area contributed by atoms with Crippen molar-refractivity contribution in [1.82, 2.24) is 9.80 Å². The van der Waals surface area contributed by atoms with Gasteiger partial charge in [-0.05, 0) is 6.42 Å². The molecule has 0 aromatic rings. The number of amides is 4. The van der Waals surface area contributed by atoms with Gasteiger partial charge in [0.25, 0.3) is 0 Å². The quantitative estimate of drug-likeness (QED) is 0.658. The molecule has 0 aromatic heterocycles. The summed E-state index contributed by atoms with van der Waals surface area (Å²) in [6.45, 7) is 0. The molecule has 0 aromatic carbocycles. The molecule has 4 amide bonds. The van der Waals surface area contributed by atoms with E-state index in [4.69, 9.17) is 5.11 Å². The topological polar surface area (TPSA) is 95.0 Å². The standard InChI is InChI=1S/C9H12N2O5/c1-10-7(14)5(3-4-6(12)13)8(15)11(2)9(10)16/h5H,3-4H2,1-2H3,(H,12,13). The first-order chi connectivity index (χ1) is 7.36. The van der Waals surface area contributed by atoms with Gasteiger partial charge in [-0.3, -0.25) is 24.2 Å². The van der Waals surface area contributed by atoms with E-state index in [0.717, 1.165) is 9.80 Å². The van der Waals surface area contributed by atoms with E-state index < -0.39 is 29.7 Å². The Balaban J connectivity index is 2.83. The molecular formula is C9H12N2O5. The molecule has 1 saturated heterocycles. The van der Waals surface area contributed by atoms with Crippen LogP contribution in [-0.4, -0.2) is 52.8 Å². The minimum Gasteiger partial charge on any atom is -0.481 e. The second-order valence-electron chi connectivity index (χ2n) is 3.56. The smallest absolute Gasteiger partial charge is 0.332 e. The predicted molar refractivity (Wildman–Crippen MR) is 51.3 cm³/mol. The fraction of sp³-hybridized carbons (Fsp3) is 0.556. The van der Waals surface area contributed by atoms with E-state index in [2.05, 4.69) is 0 Å². The summed E-state index contributed by atoms with van der Waals surface area (Å²) >= 11 is 0. The van der Waals surface area contributed by atoms with Crippen LogP contribution in [0.4, 0.5) is 4.79 Å². The lowest BCUT2D eigenvalue weighted by Crippen LogP contribution is -2.56. The molecule has 1 fully saturated rings. The number of carboxylic acid groups (broad SMARTS) is 1. The fourth-order valence-corrected chi connectivity index (χ4v) is 1.50. The highest BCUT2D eigenvalue weighted by Crippen LogP contribution is 2.19. The number of barbiturate groups is 1. The van der Waals surface area contributed by atoms with E-state index in [1.807, 2.05) is 0 Å². The van der Waals surface area contributed by atoms with Crippen LogP contribution in [0.3, 0.4) is 0 Å². The number of hydrogen-bond acceptors (Lipinski definition) is 4. The van der Waals surface area contributed by atoms with Gasteiger partial charge in [-0.2, -0.15) is 0 Å². The molecule has 7 nitrogen and oxygen atoms in total. The van der Waals surface area contributed by atoms with E-state index in [0.29, 0.717) is 0 Å². The average Bonchev–Trinajstić information content (AvgIpc) is 2.23. The normalized spacial score (nSPS) is 18.2. The first kappa shape index (κ1) is 12.2. The van der Waals surface area contributed by atoms with Crippen LogP contribution in [0.25, 0.3) is 0 Å². The van der Waals surface area contributed by atoms with Crippen molar-refractivity contribution in [3.8, 4) is 0 Å². The molecule has 1 aliphatic rings. The molecule has 88 valence electrons. The van der Waals surface area contributed by atoms with Gasteiger partial charge in [-0.25, -0.2) is 4.79 Å². The number of hydrogen-bond donors (Lipinski definition) is 1.